The molecule has 21 heavy (non-hydrogen) atoms. The molecule has 4 heteroatoms. The van der Waals surface area contributed by atoms with E-state index in [1.54, 1.807) is 7.11 Å². The van der Waals surface area contributed by atoms with Crippen molar-refractivity contribution >= 4 is 5.84 Å². The van der Waals surface area contributed by atoms with E-state index in [0.29, 0.717) is 6.61 Å². The third kappa shape index (κ3) is 3.16. The number of benzene rings is 2. The van der Waals surface area contributed by atoms with Crippen LogP contribution in [-0.4, -0.2) is 26.0 Å². The molecule has 0 amide bonds. The van der Waals surface area contributed by atoms with Crippen LogP contribution in [0.4, 0.5) is 0 Å². The van der Waals surface area contributed by atoms with Gasteiger partial charge in [-0.3, -0.25) is 4.99 Å². The molecule has 1 heterocycles. The Morgan fingerprint density at radius 3 is 2.86 bits per heavy atom. The molecule has 108 valence electrons. The number of aliphatic imine (C=N–C) groups is 1. The van der Waals surface area contributed by atoms with Gasteiger partial charge in [0.1, 0.15) is 23.9 Å². The second kappa shape index (κ2) is 6.31. The van der Waals surface area contributed by atoms with Crippen LogP contribution in [0.1, 0.15) is 11.1 Å². The molecule has 0 aliphatic carbocycles. The Balaban J connectivity index is 1.72. The average Bonchev–Trinajstić information content (AvgIpc) is 3.08. The number of hydrogen-bond donors (Lipinski definition) is 1. The van der Waals surface area contributed by atoms with Gasteiger partial charge in [0, 0.05) is 17.7 Å². The lowest BCUT2D eigenvalue weighted by atomic mass is 10.2. The third-order valence-electron chi connectivity index (χ3n) is 3.37. The Bertz CT molecular complexity index is 653. The maximum Gasteiger partial charge on any atom is 0.128 e. The average molecular weight is 282 g/mol. The number of methoxy groups -OCH3 is 1. The van der Waals surface area contributed by atoms with Gasteiger partial charge < -0.3 is 14.8 Å². The lowest BCUT2D eigenvalue weighted by Gasteiger charge is -2.11. The third-order valence-corrected chi connectivity index (χ3v) is 3.37. The molecule has 1 aliphatic rings. The monoisotopic (exact) mass is 282 g/mol. The van der Waals surface area contributed by atoms with Crippen molar-refractivity contribution in [2.75, 3.05) is 20.2 Å². The molecule has 2 aromatic rings. The van der Waals surface area contributed by atoms with E-state index in [1.807, 2.05) is 48.5 Å². The molecular weight excluding hydrogens is 264 g/mol. The van der Waals surface area contributed by atoms with Crippen LogP contribution >= 0.6 is 0 Å². The maximum absolute atomic E-state index is 5.87. The quantitative estimate of drug-likeness (QED) is 0.916. The molecule has 1 aliphatic heterocycles. The van der Waals surface area contributed by atoms with Crippen LogP contribution in [0.2, 0.25) is 0 Å². The molecule has 0 radical (unpaired) electrons. The lowest BCUT2D eigenvalue weighted by molar-refractivity contribution is 0.296. The highest BCUT2D eigenvalue weighted by Gasteiger charge is 2.09. The number of amidine groups is 1. The minimum atomic E-state index is 0.480. The molecule has 4 nitrogen and oxygen atoms in total. The molecule has 0 bridgehead atoms. The van der Waals surface area contributed by atoms with E-state index in [2.05, 4.69) is 10.3 Å². The predicted molar refractivity (Wildman–Crippen MR) is 83.2 cm³/mol. The van der Waals surface area contributed by atoms with Crippen LogP contribution in [0.5, 0.6) is 11.5 Å². The zero-order chi connectivity index (χ0) is 14.5. The van der Waals surface area contributed by atoms with Gasteiger partial charge in [0.05, 0.1) is 13.7 Å². The van der Waals surface area contributed by atoms with Crippen LogP contribution in [0.3, 0.4) is 0 Å². The van der Waals surface area contributed by atoms with Gasteiger partial charge in [0.25, 0.3) is 0 Å². The van der Waals surface area contributed by atoms with Crippen molar-refractivity contribution < 1.29 is 9.47 Å². The van der Waals surface area contributed by atoms with E-state index in [4.69, 9.17) is 9.47 Å². The highest BCUT2D eigenvalue weighted by molar-refractivity contribution is 6.00. The Kier molecular flexibility index (Phi) is 4.05. The van der Waals surface area contributed by atoms with Crippen molar-refractivity contribution in [1.29, 1.82) is 0 Å². The highest BCUT2D eigenvalue weighted by atomic mass is 16.5. The fourth-order valence-electron chi connectivity index (χ4n) is 2.31. The minimum absolute atomic E-state index is 0.480. The molecule has 0 unspecified atom stereocenters. The fourth-order valence-corrected chi connectivity index (χ4v) is 2.31. The predicted octanol–water partition coefficient (Wildman–Crippen LogP) is 2.62. The van der Waals surface area contributed by atoms with Gasteiger partial charge >= 0.3 is 0 Å². The Labute approximate surface area is 124 Å². The summed E-state index contributed by atoms with van der Waals surface area (Å²) in [5, 5.41) is 3.27. The zero-order valence-corrected chi connectivity index (χ0v) is 12.0. The highest BCUT2D eigenvalue weighted by Crippen LogP contribution is 2.21. The van der Waals surface area contributed by atoms with Gasteiger partial charge in [-0.15, -0.1) is 0 Å². The zero-order valence-electron chi connectivity index (χ0n) is 12.0. The van der Waals surface area contributed by atoms with E-state index in [0.717, 1.165) is 41.6 Å². The molecule has 0 spiro atoms. The molecule has 0 saturated heterocycles. The van der Waals surface area contributed by atoms with Crippen LogP contribution in [0.25, 0.3) is 0 Å². The Morgan fingerprint density at radius 1 is 1.14 bits per heavy atom. The molecule has 0 aromatic heterocycles. The van der Waals surface area contributed by atoms with E-state index >= 15 is 0 Å². The van der Waals surface area contributed by atoms with Crippen molar-refractivity contribution in [3.05, 3.63) is 59.7 Å². The Morgan fingerprint density at radius 2 is 2.05 bits per heavy atom. The topological polar surface area (TPSA) is 42.9 Å². The van der Waals surface area contributed by atoms with Gasteiger partial charge in [-0.2, -0.15) is 0 Å². The molecule has 0 atom stereocenters. The number of para-hydroxylation sites is 1. The minimum Gasteiger partial charge on any atom is -0.496 e. The number of nitrogens with zero attached hydrogens (tertiary/aromatic N) is 1. The van der Waals surface area contributed by atoms with Gasteiger partial charge in [0.15, 0.2) is 0 Å². The number of nitrogens with one attached hydrogen (secondary N) is 1. The van der Waals surface area contributed by atoms with E-state index in [-0.39, 0.29) is 0 Å². The van der Waals surface area contributed by atoms with Gasteiger partial charge in [0.2, 0.25) is 0 Å². The normalized spacial score (nSPS) is 13.5. The van der Waals surface area contributed by atoms with E-state index in [1.165, 1.54) is 0 Å². The summed E-state index contributed by atoms with van der Waals surface area (Å²) in [5.74, 6) is 2.61. The number of rotatable bonds is 5. The largest absolute Gasteiger partial charge is 0.496 e. The summed E-state index contributed by atoms with van der Waals surface area (Å²) >= 11 is 0. The molecule has 0 fully saturated rings. The van der Waals surface area contributed by atoms with Crippen molar-refractivity contribution in [2.24, 2.45) is 4.99 Å². The summed E-state index contributed by atoms with van der Waals surface area (Å²) in [6.45, 7) is 2.22. The van der Waals surface area contributed by atoms with E-state index < -0.39 is 0 Å². The fraction of sp³-hybridized carbons (Fsp3) is 0.235. The SMILES string of the molecule is COc1ccccc1COc1cccc(C2=NCCN2)c1. The van der Waals surface area contributed by atoms with Crippen LogP contribution in [-0.2, 0) is 6.61 Å². The van der Waals surface area contributed by atoms with Gasteiger partial charge in [-0.25, -0.2) is 0 Å². The molecule has 3 rings (SSSR count). The van der Waals surface area contributed by atoms with Crippen LogP contribution < -0.4 is 14.8 Å². The van der Waals surface area contributed by atoms with Crippen molar-refractivity contribution in [2.45, 2.75) is 6.61 Å². The standard InChI is InChI=1S/C17H18N2O2/c1-20-16-8-3-2-5-14(16)12-21-15-7-4-6-13(11-15)17-18-9-10-19-17/h2-8,11H,9-10,12H2,1H3,(H,18,19). The maximum atomic E-state index is 5.87. The second-order valence-electron chi connectivity index (χ2n) is 4.79. The first-order valence-electron chi connectivity index (χ1n) is 7.00. The summed E-state index contributed by atoms with van der Waals surface area (Å²) in [7, 11) is 1.67. The first kappa shape index (κ1) is 13.5. The van der Waals surface area contributed by atoms with Crippen LogP contribution in [0.15, 0.2) is 53.5 Å². The van der Waals surface area contributed by atoms with Gasteiger partial charge in [-0.05, 0) is 18.2 Å². The van der Waals surface area contributed by atoms with Crippen molar-refractivity contribution in [1.82, 2.24) is 5.32 Å². The lowest BCUT2D eigenvalue weighted by Crippen LogP contribution is -2.19. The number of ether oxygens (including phenoxy) is 2. The Hall–Kier alpha value is -2.49. The molecule has 1 N–H and O–H groups in total. The van der Waals surface area contributed by atoms with E-state index in [9.17, 15) is 0 Å². The second-order valence-corrected chi connectivity index (χ2v) is 4.79. The van der Waals surface area contributed by atoms with Gasteiger partial charge in [-0.1, -0.05) is 30.3 Å². The summed E-state index contributed by atoms with van der Waals surface area (Å²) < 4.78 is 11.2. The van der Waals surface area contributed by atoms with Crippen molar-refractivity contribution in [3.63, 3.8) is 0 Å². The summed E-state index contributed by atoms with van der Waals surface area (Å²) in [5.41, 5.74) is 2.09. The summed E-state index contributed by atoms with van der Waals surface area (Å²) in [6.07, 6.45) is 0. The first-order valence-corrected chi connectivity index (χ1v) is 7.00. The number of hydrogen-bond acceptors (Lipinski definition) is 4. The first-order chi connectivity index (χ1) is 10.4. The smallest absolute Gasteiger partial charge is 0.128 e. The van der Waals surface area contributed by atoms with Crippen LogP contribution in [0, 0.1) is 0 Å². The molecule has 0 saturated carbocycles. The summed E-state index contributed by atoms with van der Waals surface area (Å²) in [4.78, 5) is 4.42. The molecular formula is C17H18N2O2. The summed E-state index contributed by atoms with van der Waals surface area (Å²) in [6, 6.07) is 15.8. The van der Waals surface area contributed by atoms with Crippen molar-refractivity contribution in [3.8, 4) is 11.5 Å². The molecule has 2 aromatic carbocycles.